The van der Waals surface area contributed by atoms with Crippen molar-refractivity contribution >= 4 is 17.5 Å². The van der Waals surface area contributed by atoms with Gasteiger partial charge in [0.05, 0.1) is 37.9 Å². The van der Waals surface area contributed by atoms with E-state index in [-0.39, 0.29) is 6.09 Å². The first-order valence-electron chi connectivity index (χ1n) is 13.3. The molecule has 2 N–H and O–H groups in total. The van der Waals surface area contributed by atoms with Crippen molar-refractivity contribution in [2.24, 2.45) is 5.92 Å². The minimum absolute atomic E-state index is 0.232. The number of anilines is 1. The number of methoxy groups -OCH3 is 1. The lowest BCUT2D eigenvalue weighted by Crippen LogP contribution is -2.42. The highest BCUT2D eigenvalue weighted by molar-refractivity contribution is 6.11. The van der Waals surface area contributed by atoms with Crippen molar-refractivity contribution in [2.45, 2.75) is 65.5 Å². The molecule has 0 radical (unpaired) electrons. The Morgan fingerprint density at radius 3 is 2.63 bits per heavy atom. The molecule has 0 unspecified atom stereocenters. The smallest absolute Gasteiger partial charge is 0.410 e. The summed E-state index contributed by atoms with van der Waals surface area (Å²) < 4.78 is 18.5. The largest absolute Gasteiger partial charge is 0.481 e. The summed E-state index contributed by atoms with van der Waals surface area (Å²) in [7, 11) is 1.60. The second-order valence-electron chi connectivity index (χ2n) is 11.0. The lowest BCUT2D eigenvalue weighted by Gasteiger charge is -2.33. The van der Waals surface area contributed by atoms with Crippen LogP contribution in [0.25, 0.3) is 0 Å². The van der Waals surface area contributed by atoms with E-state index in [9.17, 15) is 4.79 Å². The maximum Gasteiger partial charge on any atom is 0.410 e. The summed E-state index contributed by atoms with van der Waals surface area (Å²) in [6.07, 6.45) is 8.47. The summed E-state index contributed by atoms with van der Waals surface area (Å²) in [5, 5.41) is 17.0. The van der Waals surface area contributed by atoms with Gasteiger partial charge in [0.1, 0.15) is 5.60 Å². The highest BCUT2D eigenvalue weighted by Crippen LogP contribution is 2.26. The first kappa shape index (κ1) is 27.6. The maximum absolute atomic E-state index is 12.3. The van der Waals surface area contributed by atoms with E-state index in [0.717, 1.165) is 47.5 Å². The molecule has 0 saturated carbocycles. The molecule has 2 aliphatic heterocycles. The Morgan fingerprint density at radius 1 is 1.21 bits per heavy atom. The number of nitrogens with one attached hydrogen (secondary N) is 2. The molecule has 1 amide bonds. The number of ether oxygens (including phenoxy) is 3. The van der Waals surface area contributed by atoms with Crippen molar-refractivity contribution in [3.8, 4) is 5.88 Å². The molecule has 4 heterocycles. The van der Waals surface area contributed by atoms with Crippen LogP contribution < -0.4 is 10.1 Å². The fourth-order valence-corrected chi connectivity index (χ4v) is 4.84. The molecule has 4 rings (SSSR count). The topological polar surface area (TPSA) is 115 Å². The van der Waals surface area contributed by atoms with Crippen LogP contribution in [0, 0.1) is 18.3 Å². The molecule has 0 spiro atoms. The number of aromatic nitrogens is 3. The number of amides is 1. The van der Waals surface area contributed by atoms with E-state index in [1.807, 2.05) is 50.8 Å². The van der Waals surface area contributed by atoms with Gasteiger partial charge in [-0.15, -0.1) is 0 Å². The number of likely N-dealkylation sites (tertiary alicyclic amines) is 1. The van der Waals surface area contributed by atoms with Crippen LogP contribution in [0.1, 0.15) is 57.6 Å². The van der Waals surface area contributed by atoms with Gasteiger partial charge in [-0.05, 0) is 64.5 Å². The van der Waals surface area contributed by atoms with Crippen molar-refractivity contribution in [1.82, 2.24) is 19.7 Å². The molecule has 10 heteroatoms. The highest BCUT2D eigenvalue weighted by Gasteiger charge is 2.27. The minimum Gasteiger partial charge on any atom is -0.481 e. The van der Waals surface area contributed by atoms with Gasteiger partial charge in [-0.25, -0.2) is 9.78 Å². The predicted molar refractivity (Wildman–Crippen MR) is 146 cm³/mol. The molecule has 2 aromatic heterocycles. The number of pyridine rings is 1. The number of carbonyl (C=O) groups excluding carboxylic acids is 1. The molecule has 0 aromatic carbocycles. The minimum atomic E-state index is -0.478. The van der Waals surface area contributed by atoms with E-state index in [1.165, 1.54) is 0 Å². The number of hydrogen-bond donors (Lipinski definition) is 2. The summed E-state index contributed by atoms with van der Waals surface area (Å²) in [6, 6.07) is 1.94. The van der Waals surface area contributed by atoms with Crippen LogP contribution in [0.3, 0.4) is 0 Å². The van der Waals surface area contributed by atoms with Crippen LogP contribution >= 0.6 is 0 Å². The van der Waals surface area contributed by atoms with Crippen molar-refractivity contribution < 1.29 is 19.0 Å². The summed E-state index contributed by atoms with van der Waals surface area (Å²) >= 11 is 0. The first-order valence-corrected chi connectivity index (χ1v) is 13.3. The standard InChI is InChI=1S/C28H40N6O4/c1-19-14-21(15-30-26(19)36-5)25(29)23-8-12-37-13-9-24(23)32-22-16-31-34(18-22)17-20-6-10-33(11-7-20)27(35)38-28(2,3)4/h14-16,18,20,29,32H,6-13,17H2,1-5H3. The molecule has 1 fully saturated rings. The molecule has 1 saturated heterocycles. The second kappa shape index (κ2) is 12.0. The van der Waals surface area contributed by atoms with Gasteiger partial charge in [-0.2, -0.15) is 5.10 Å². The lowest BCUT2D eigenvalue weighted by atomic mass is 9.97. The third-order valence-electron chi connectivity index (χ3n) is 6.81. The van der Waals surface area contributed by atoms with E-state index in [4.69, 9.17) is 19.6 Å². The molecule has 38 heavy (non-hydrogen) atoms. The molecule has 0 aliphatic carbocycles. The van der Waals surface area contributed by atoms with Crippen LogP contribution in [0.4, 0.5) is 10.5 Å². The van der Waals surface area contributed by atoms with Gasteiger partial charge in [0, 0.05) is 55.3 Å². The van der Waals surface area contributed by atoms with E-state index in [2.05, 4.69) is 15.4 Å². The molecular weight excluding hydrogens is 484 g/mol. The van der Waals surface area contributed by atoms with Gasteiger partial charge in [0.15, 0.2) is 0 Å². The molecule has 0 bridgehead atoms. The summed E-state index contributed by atoms with van der Waals surface area (Å²) in [4.78, 5) is 18.5. The Kier molecular flexibility index (Phi) is 8.71. The number of aryl methyl sites for hydroxylation is 1. The second-order valence-corrected chi connectivity index (χ2v) is 11.0. The van der Waals surface area contributed by atoms with Crippen molar-refractivity contribution in [3.63, 3.8) is 0 Å². The molecule has 2 aliphatic rings. The third-order valence-corrected chi connectivity index (χ3v) is 6.81. The quantitative estimate of drug-likeness (QED) is 0.501. The average Bonchev–Trinajstić information content (AvgIpc) is 3.17. The monoisotopic (exact) mass is 524 g/mol. The molecular formula is C28H40N6O4. The van der Waals surface area contributed by atoms with E-state index in [0.29, 0.717) is 56.7 Å². The van der Waals surface area contributed by atoms with Crippen LogP contribution in [0.5, 0.6) is 5.88 Å². The molecule has 10 nitrogen and oxygen atoms in total. The molecule has 206 valence electrons. The normalized spacial score (nSPS) is 17.2. The van der Waals surface area contributed by atoms with Gasteiger partial charge in [-0.3, -0.25) is 10.1 Å². The highest BCUT2D eigenvalue weighted by atomic mass is 16.6. The third kappa shape index (κ3) is 7.12. The number of hydrogen-bond acceptors (Lipinski definition) is 8. The maximum atomic E-state index is 12.3. The number of carbonyl (C=O) groups is 1. The number of piperidine rings is 1. The van der Waals surface area contributed by atoms with Crippen LogP contribution in [-0.4, -0.2) is 70.5 Å². The number of nitrogens with zero attached hydrogens (tertiary/aromatic N) is 4. The SMILES string of the molecule is COc1ncc(C(=N)C2=C(Nc3cnn(CC4CCN(C(=O)OC(C)(C)C)CC4)c3)CCOCC2)cc1C. The Bertz CT molecular complexity index is 1170. The van der Waals surface area contributed by atoms with Crippen LogP contribution in [-0.2, 0) is 16.0 Å². The first-order chi connectivity index (χ1) is 18.1. The molecule has 0 atom stereocenters. The summed E-state index contributed by atoms with van der Waals surface area (Å²) in [6.45, 7) is 11.0. The average molecular weight is 525 g/mol. The van der Waals surface area contributed by atoms with Gasteiger partial charge < -0.3 is 24.4 Å². The van der Waals surface area contributed by atoms with Crippen molar-refractivity contribution in [2.75, 3.05) is 38.7 Å². The van der Waals surface area contributed by atoms with E-state index >= 15 is 0 Å². The zero-order valence-corrected chi connectivity index (χ0v) is 23.2. The fourth-order valence-electron chi connectivity index (χ4n) is 4.84. The van der Waals surface area contributed by atoms with Gasteiger partial charge in [0.2, 0.25) is 5.88 Å². The van der Waals surface area contributed by atoms with Gasteiger partial charge >= 0.3 is 6.09 Å². The van der Waals surface area contributed by atoms with Crippen LogP contribution in [0.2, 0.25) is 0 Å². The van der Waals surface area contributed by atoms with E-state index in [1.54, 1.807) is 18.2 Å². The fraction of sp³-hybridized carbons (Fsp3) is 0.571. The lowest BCUT2D eigenvalue weighted by molar-refractivity contribution is 0.0177. The Hall–Kier alpha value is -3.40. The predicted octanol–water partition coefficient (Wildman–Crippen LogP) is 4.79. The Labute approximate surface area is 224 Å². The van der Waals surface area contributed by atoms with Gasteiger partial charge in [-0.1, -0.05) is 0 Å². The Balaban J connectivity index is 1.39. The summed E-state index contributed by atoms with van der Waals surface area (Å²) in [5.74, 6) is 1.02. The number of rotatable bonds is 7. The van der Waals surface area contributed by atoms with E-state index < -0.39 is 5.60 Å². The Morgan fingerprint density at radius 2 is 1.95 bits per heavy atom. The van der Waals surface area contributed by atoms with Crippen molar-refractivity contribution in [1.29, 1.82) is 5.41 Å². The summed E-state index contributed by atoms with van der Waals surface area (Å²) in [5.41, 5.74) is 4.42. The van der Waals surface area contributed by atoms with Crippen molar-refractivity contribution in [3.05, 3.63) is 47.1 Å². The van der Waals surface area contributed by atoms with Crippen LogP contribution in [0.15, 0.2) is 35.9 Å². The zero-order valence-electron chi connectivity index (χ0n) is 23.2. The zero-order chi connectivity index (χ0) is 27.3. The van der Waals surface area contributed by atoms with Gasteiger partial charge in [0.25, 0.3) is 0 Å². The molecule has 2 aromatic rings.